The Kier molecular flexibility index (Phi) is 2.84. The minimum Gasteiger partial charge on any atom is -0.387 e. The first-order chi connectivity index (χ1) is 6.59. The summed E-state index contributed by atoms with van der Waals surface area (Å²) in [5, 5.41) is 13.7. The van der Waals surface area contributed by atoms with Gasteiger partial charge in [0, 0.05) is 29.0 Å². The molecule has 2 nitrogen and oxygen atoms in total. The molecule has 0 bridgehead atoms. The average Bonchev–Trinajstić information content (AvgIpc) is 2.09. The number of nitrogens with one attached hydrogen (secondary N) is 1. The molecule has 0 unspecified atom stereocenters. The van der Waals surface area contributed by atoms with Crippen molar-refractivity contribution in [3.8, 4) is 0 Å². The first-order valence-corrected chi connectivity index (χ1v) is 5.63. The van der Waals surface area contributed by atoms with E-state index < -0.39 is 5.60 Å². The van der Waals surface area contributed by atoms with Gasteiger partial charge in [0.1, 0.15) is 0 Å². The second kappa shape index (κ2) is 3.81. The molecule has 2 rings (SSSR count). The quantitative estimate of drug-likeness (QED) is 0.866. The Morgan fingerprint density at radius 1 is 1.50 bits per heavy atom. The van der Waals surface area contributed by atoms with E-state index in [2.05, 4.69) is 21.2 Å². The molecule has 1 fully saturated rings. The zero-order chi connectivity index (χ0) is 10.2. The Morgan fingerprint density at radius 3 is 2.79 bits per heavy atom. The smallest absolute Gasteiger partial charge is 0.0935 e. The van der Waals surface area contributed by atoms with Crippen LogP contribution in [-0.2, 0) is 6.42 Å². The summed E-state index contributed by atoms with van der Waals surface area (Å²) >= 11 is 9.33. The van der Waals surface area contributed by atoms with E-state index in [1.54, 1.807) is 0 Å². The highest BCUT2D eigenvalue weighted by Gasteiger charge is 2.34. The van der Waals surface area contributed by atoms with Crippen molar-refractivity contribution in [3.05, 3.63) is 33.3 Å². The number of halogens is 2. The molecule has 0 radical (unpaired) electrons. The molecule has 2 N–H and O–H groups in total. The molecule has 1 aromatic rings. The minimum absolute atomic E-state index is 0.590. The van der Waals surface area contributed by atoms with Gasteiger partial charge in [0.15, 0.2) is 0 Å². The van der Waals surface area contributed by atoms with Gasteiger partial charge in [-0.1, -0.05) is 27.5 Å². The molecule has 0 atom stereocenters. The molecule has 1 aromatic carbocycles. The molecule has 14 heavy (non-hydrogen) atoms. The zero-order valence-corrected chi connectivity index (χ0v) is 9.90. The van der Waals surface area contributed by atoms with Gasteiger partial charge in [0.25, 0.3) is 0 Å². The Balaban J connectivity index is 2.19. The van der Waals surface area contributed by atoms with E-state index in [-0.39, 0.29) is 0 Å². The van der Waals surface area contributed by atoms with Crippen LogP contribution in [0.5, 0.6) is 0 Å². The lowest BCUT2D eigenvalue weighted by Gasteiger charge is -2.38. The van der Waals surface area contributed by atoms with Gasteiger partial charge >= 0.3 is 0 Å². The molecule has 0 spiro atoms. The lowest BCUT2D eigenvalue weighted by atomic mass is 9.89. The number of benzene rings is 1. The maximum atomic E-state index is 9.95. The van der Waals surface area contributed by atoms with Gasteiger partial charge in [0.2, 0.25) is 0 Å². The van der Waals surface area contributed by atoms with Gasteiger partial charge < -0.3 is 10.4 Å². The van der Waals surface area contributed by atoms with Crippen LogP contribution in [0.1, 0.15) is 5.56 Å². The Bertz CT molecular complexity index is 352. The van der Waals surface area contributed by atoms with Crippen LogP contribution in [0.3, 0.4) is 0 Å². The number of β-amino-alcohol motifs (C(OH)–C–C–N with tert-alkyl or cyclic N) is 1. The highest BCUT2D eigenvalue weighted by Crippen LogP contribution is 2.26. The fourth-order valence-corrected chi connectivity index (χ4v) is 2.15. The predicted molar refractivity (Wildman–Crippen MR) is 60.7 cm³/mol. The van der Waals surface area contributed by atoms with Crippen LogP contribution in [0.4, 0.5) is 0 Å². The van der Waals surface area contributed by atoms with Crippen LogP contribution >= 0.6 is 27.5 Å². The van der Waals surface area contributed by atoms with Crippen molar-refractivity contribution in [1.29, 1.82) is 0 Å². The molecule has 4 heteroatoms. The van der Waals surface area contributed by atoms with Crippen LogP contribution in [0, 0.1) is 0 Å². The van der Waals surface area contributed by atoms with Gasteiger partial charge in [0.05, 0.1) is 5.60 Å². The van der Waals surface area contributed by atoms with E-state index in [0.717, 1.165) is 10.0 Å². The number of aliphatic hydroxyl groups is 1. The topological polar surface area (TPSA) is 32.3 Å². The number of hydrogen-bond acceptors (Lipinski definition) is 2. The molecule has 1 aliphatic rings. The Hall–Kier alpha value is -0.0900. The summed E-state index contributed by atoms with van der Waals surface area (Å²) in [5.41, 5.74) is 0.467. The number of rotatable bonds is 2. The molecule has 1 saturated heterocycles. The predicted octanol–water partition coefficient (Wildman–Crippen LogP) is 1.98. The van der Waals surface area contributed by atoms with Crippen LogP contribution in [0.25, 0.3) is 0 Å². The van der Waals surface area contributed by atoms with Crippen molar-refractivity contribution in [2.45, 2.75) is 12.0 Å². The first kappa shape index (κ1) is 10.4. The third-order valence-corrected chi connectivity index (χ3v) is 3.44. The van der Waals surface area contributed by atoms with Crippen LogP contribution < -0.4 is 5.32 Å². The average molecular weight is 277 g/mol. The van der Waals surface area contributed by atoms with E-state index in [4.69, 9.17) is 11.6 Å². The summed E-state index contributed by atoms with van der Waals surface area (Å²) in [5.74, 6) is 0. The highest BCUT2D eigenvalue weighted by atomic mass is 79.9. The molecule has 1 aliphatic heterocycles. The lowest BCUT2D eigenvalue weighted by Crippen LogP contribution is -2.60. The normalized spacial score (nSPS) is 19.1. The third kappa shape index (κ3) is 2.11. The van der Waals surface area contributed by atoms with Crippen molar-refractivity contribution >= 4 is 27.5 Å². The summed E-state index contributed by atoms with van der Waals surface area (Å²) in [6.07, 6.45) is 0.640. The Morgan fingerprint density at radius 2 is 2.21 bits per heavy atom. The van der Waals surface area contributed by atoms with Crippen LogP contribution in [0.2, 0.25) is 5.02 Å². The van der Waals surface area contributed by atoms with Crippen molar-refractivity contribution in [2.75, 3.05) is 13.1 Å². The number of hydrogen-bond donors (Lipinski definition) is 2. The van der Waals surface area contributed by atoms with Crippen LogP contribution in [0.15, 0.2) is 22.7 Å². The van der Waals surface area contributed by atoms with Gasteiger partial charge in [-0.05, 0) is 23.8 Å². The van der Waals surface area contributed by atoms with Crippen molar-refractivity contribution < 1.29 is 5.11 Å². The molecule has 0 aliphatic carbocycles. The third-order valence-electron chi connectivity index (χ3n) is 2.44. The van der Waals surface area contributed by atoms with Gasteiger partial charge in [-0.15, -0.1) is 0 Å². The van der Waals surface area contributed by atoms with Crippen molar-refractivity contribution in [2.24, 2.45) is 0 Å². The van der Waals surface area contributed by atoms with Crippen molar-refractivity contribution in [1.82, 2.24) is 5.32 Å². The second-order valence-corrected chi connectivity index (χ2v) is 5.03. The minimum atomic E-state index is -0.590. The van der Waals surface area contributed by atoms with Gasteiger partial charge in [-0.25, -0.2) is 0 Å². The van der Waals surface area contributed by atoms with Gasteiger partial charge in [-0.2, -0.15) is 0 Å². The van der Waals surface area contributed by atoms with E-state index in [1.165, 1.54) is 0 Å². The van der Waals surface area contributed by atoms with Crippen molar-refractivity contribution in [3.63, 3.8) is 0 Å². The fourth-order valence-electron chi connectivity index (χ4n) is 1.57. The van der Waals surface area contributed by atoms with E-state index in [9.17, 15) is 5.11 Å². The summed E-state index contributed by atoms with van der Waals surface area (Å²) in [4.78, 5) is 0. The monoisotopic (exact) mass is 275 g/mol. The standard InChI is InChI=1S/C10H11BrClNO/c11-9-2-1-8(12)3-7(9)4-10(14)5-13-6-10/h1-3,13-14H,4-6H2. The maximum absolute atomic E-state index is 9.95. The highest BCUT2D eigenvalue weighted by molar-refractivity contribution is 9.10. The Labute approximate surface area is 96.4 Å². The zero-order valence-electron chi connectivity index (χ0n) is 7.56. The molecule has 1 heterocycles. The SMILES string of the molecule is OC1(Cc2cc(Cl)ccc2Br)CNC1. The van der Waals surface area contributed by atoms with Crippen LogP contribution in [-0.4, -0.2) is 23.8 Å². The second-order valence-electron chi connectivity index (χ2n) is 3.74. The van der Waals surface area contributed by atoms with E-state index in [0.29, 0.717) is 24.5 Å². The van der Waals surface area contributed by atoms with E-state index in [1.807, 2.05) is 18.2 Å². The molecular weight excluding hydrogens is 265 g/mol. The molecule has 0 aromatic heterocycles. The molecule has 0 amide bonds. The summed E-state index contributed by atoms with van der Waals surface area (Å²) in [7, 11) is 0. The lowest BCUT2D eigenvalue weighted by molar-refractivity contribution is -0.00914. The molecule has 0 saturated carbocycles. The molecule has 76 valence electrons. The first-order valence-electron chi connectivity index (χ1n) is 4.46. The van der Waals surface area contributed by atoms with Gasteiger partial charge in [-0.3, -0.25) is 0 Å². The van der Waals surface area contributed by atoms with E-state index >= 15 is 0 Å². The molecular formula is C10H11BrClNO. The maximum Gasteiger partial charge on any atom is 0.0935 e. The summed E-state index contributed by atoms with van der Waals surface area (Å²) < 4.78 is 1.00. The summed E-state index contributed by atoms with van der Waals surface area (Å²) in [6, 6.07) is 5.63. The summed E-state index contributed by atoms with van der Waals surface area (Å²) in [6.45, 7) is 1.32. The largest absolute Gasteiger partial charge is 0.387 e. The fraction of sp³-hybridized carbons (Fsp3) is 0.400.